The minimum atomic E-state index is -0.0765. The zero-order chi connectivity index (χ0) is 12.3. The Morgan fingerprint density at radius 1 is 1.41 bits per heavy atom. The summed E-state index contributed by atoms with van der Waals surface area (Å²) in [6, 6.07) is 9.67. The highest BCUT2D eigenvalue weighted by Gasteiger charge is 2.32. The normalized spacial score (nSPS) is 21.9. The molecule has 1 aliphatic heterocycles. The monoisotopic (exact) mass is 234 g/mol. The van der Waals surface area contributed by atoms with Gasteiger partial charge in [-0.25, -0.2) is 0 Å². The third kappa shape index (κ3) is 2.65. The van der Waals surface area contributed by atoms with Crippen LogP contribution < -0.4 is 5.73 Å². The van der Waals surface area contributed by atoms with Crippen LogP contribution in [0.15, 0.2) is 30.3 Å². The summed E-state index contributed by atoms with van der Waals surface area (Å²) in [7, 11) is 0. The molecule has 1 amide bonds. The van der Waals surface area contributed by atoms with Crippen LogP contribution in [0.3, 0.4) is 0 Å². The van der Waals surface area contributed by atoms with E-state index in [1.807, 2.05) is 30.3 Å². The molecule has 17 heavy (non-hydrogen) atoms. The van der Waals surface area contributed by atoms with Crippen molar-refractivity contribution in [3.8, 4) is 0 Å². The van der Waals surface area contributed by atoms with E-state index in [0.717, 1.165) is 5.56 Å². The summed E-state index contributed by atoms with van der Waals surface area (Å²) in [5.41, 5.74) is 6.86. The fraction of sp³-hybridized carbons (Fsp3) is 0.462. The Hall–Kier alpha value is -1.39. The van der Waals surface area contributed by atoms with Crippen LogP contribution in [0.2, 0.25) is 0 Å². The molecule has 0 bridgehead atoms. The lowest BCUT2D eigenvalue weighted by Crippen LogP contribution is -2.32. The lowest BCUT2D eigenvalue weighted by Gasteiger charge is -2.28. The molecular formula is C13H18N2O2. The van der Waals surface area contributed by atoms with Crippen LogP contribution in [-0.4, -0.2) is 35.1 Å². The van der Waals surface area contributed by atoms with E-state index in [1.54, 1.807) is 4.90 Å². The van der Waals surface area contributed by atoms with E-state index in [4.69, 9.17) is 10.8 Å². The van der Waals surface area contributed by atoms with Crippen molar-refractivity contribution in [1.82, 2.24) is 4.90 Å². The average molecular weight is 234 g/mol. The van der Waals surface area contributed by atoms with Gasteiger partial charge in [0.1, 0.15) is 0 Å². The zero-order valence-corrected chi connectivity index (χ0v) is 9.75. The summed E-state index contributed by atoms with van der Waals surface area (Å²) < 4.78 is 0. The number of amides is 1. The zero-order valence-electron chi connectivity index (χ0n) is 9.75. The highest BCUT2D eigenvalue weighted by Crippen LogP contribution is 2.28. The number of likely N-dealkylation sites (tertiary alicyclic amines) is 1. The molecule has 0 aromatic heterocycles. The number of rotatable bonds is 4. The van der Waals surface area contributed by atoms with Crippen molar-refractivity contribution < 1.29 is 9.90 Å². The lowest BCUT2D eigenvalue weighted by molar-refractivity contribution is -0.130. The van der Waals surface area contributed by atoms with Gasteiger partial charge in [0.05, 0.1) is 6.04 Å². The van der Waals surface area contributed by atoms with E-state index in [-0.39, 0.29) is 24.6 Å². The van der Waals surface area contributed by atoms with Gasteiger partial charge in [-0.2, -0.15) is 0 Å². The molecule has 1 aromatic carbocycles. The summed E-state index contributed by atoms with van der Waals surface area (Å²) in [6.07, 6.45) is 0.969. The molecule has 2 rings (SSSR count). The second-order valence-corrected chi connectivity index (χ2v) is 4.45. The van der Waals surface area contributed by atoms with E-state index < -0.39 is 0 Å². The first-order valence-corrected chi connectivity index (χ1v) is 5.93. The number of carbonyl (C=O) groups is 1. The van der Waals surface area contributed by atoms with Gasteiger partial charge in [-0.3, -0.25) is 4.79 Å². The molecule has 2 atom stereocenters. The topological polar surface area (TPSA) is 66.6 Å². The molecule has 3 N–H and O–H groups in total. The molecular weight excluding hydrogens is 216 g/mol. The summed E-state index contributed by atoms with van der Waals surface area (Å²) in [5.74, 6) is 0.0832. The number of nitrogens with two attached hydrogens (primary N) is 1. The van der Waals surface area contributed by atoms with Crippen molar-refractivity contribution >= 4 is 5.91 Å². The molecule has 0 saturated carbocycles. The van der Waals surface area contributed by atoms with Gasteiger partial charge in [0.25, 0.3) is 0 Å². The Morgan fingerprint density at radius 3 is 2.65 bits per heavy atom. The Morgan fingerprint density at radius 2 is 2.12 bits per heavy atom. The number of benzene rings is 1. The predicted octanol–water partition coefficient (Wildman–Crippen LogP) is 0.670. The van der Waals surface area contributed by atoms with E-state index in [2.05, 4.69) is 0 Å². The second kappa shape index (κ2) is 5.29. The van der Waals surface area contributed by atoms with Crippen LogP contribution in [-0.2, 0) is 4.79 Å². The molecule has 92 valence electrons. The SMILES string of the molecule is NC1CC(=O)N(C(CCO)c2ccccc2)C1. The van der Waals surface area contributed by atoms with Crippen LogP contribution in [0.4, 0.5) is 0 Å². The third-order valence-corrected chi connectivity index (χ3v) is 3.15. The van der Waals surface area contributed by atoms with Crippen molar-refractivity contribution in [1.29, 1.82) is 0 Å². The molecule has 1 aromatic rings. The molecule has 4 nitrogen and oxygen atoms in total. The molecule has 0 aliphatic carbocycles. The number of carbonyl (C=O) groups excluding carboxylic acids is 1. The Bertz CT molecular complexity index is 380. The van der Waals surface area contributed by atoms with Gasteiger partial charge in [0, 0.05) is 25.6 Å². The molecule has 1 aliphatic rings. The standard InChI is InChI=1S/C13H18N2O2/c14-11-8-13(17)15(9-11)12(6-7-16)10-4-2-1-3-5-10/h1-5,11-12,16H,6-9,14H2. The van der Waals surface area contributed by atoms with E-state index in [1.165, 1.54) is 0 Å². The minimum absolute atomic E-state index is 0.0535. The van der Waals surface area contributed by atoms with Gasteiger partial charge in [-0.05, 0) is 12.0 Å². The highest BCUT2D eigenvalue weighted by molar-refractivity contribution is 5.79. The number of hydrogen-bond donors (Lipinski definition) is 2. The first kappa shape index (κ1) is 12.1. The first-order chi connectivity index (χ1) is 8.22. The lowest BCUT2D eigenvalue weighted by atomic mass is 10.0. The fourth-order valence-corrected chi connectivity index (χ4v) is 2.36. The highest BCUT2D eigenvalue weighted by atomic mass is 16.3. The largest absolute Gasteiger partial charge is 0.396 e. The second-order valence-electron chi connectivity index (χ2n) is 4.45. The first-order valence-electron chi connectivity index (χ1n) is 5.93. The van der Waals surface area contributed by atoms with Crippen molar-refractivity contribution in [3.63, 3.8) is 0 Å². The average Bonchev–Trinajstić information content (AvgIpc) is 2.66. The van der Waals surface area contributed by atoms with Crippen LogP contribution in [0.1, 0.15) is 24.4 Å². The molecule has 2 unspecified atom stereocenters. The van der Waals surface area contributed by atoms with E-state index in [9.17, 15) is 4.79 Å². The Balaban J connectivity index is 2.21. The fourth-order valence-electron chi connectivity index (χ4n) is 2.36. The van der Waals surface area contributed by atoms with Gasteiger partial charge in [0.15, 0.2) is 0 Å². The van der Waals surface area contributed by atoms with Gasteiger partial charge >= 0.3 is 0 Å². The van der Waals surface area contributed by atoms with E-state index >= 15 is 0 Å². The van der Waals surface area contributed by atoms with Gasteiger partial charge in [-0.1, -0.05) is 30.3 Å². The maximum Gasteiger partial charge on any atom is 0.224 e. The van der Waals surface area contributed by atoms with Crippen molar-refractivity contribution in [3.05, 3.63) is 35.9 Å². The van der Waals surface area contributed by atoms with E-state index in [0.29, 0.717) is 19.4 Å². The number of aliphatic hydroxyl groups excluding tert-OH is 1. The van der Waals surface area contributed by atoms with Crippen molar-refractivity contribution in [2.75, 3.05) is 13.2 Å². The molecule has 4 heteroatoms. The third-order valence-electron chi connectivity index (χ3n) is 3.15. The number of hydrogen-bond acceptors (Lipinski definition) is 3. The summed E-state index contributed by atoms with van der Waals surface area (Å²) in [5, 5.41) is 9.14. The van der Waals surface area contributed by atoms with Crippen LogP contribution in [0, 0.1) is 0 Å². The molecule has 0 radical (unpaired) electrons. The minimum Gasteiger partial charge on any atom is -0.396 e. The molecule has 0 spiro atoms. The quantitative estimate of drug-likeness (QED) is 0.804. The maximum absolute atomic E-state index is 11.8. The van der Waals surface area contributed by atoms with Gasteiger partial charge in [-0.15, -0.1) is 0 Å². The summed E-state index contributed by atoms with van der Waals surface area (Å²) in [4.78, 5) is 13.6. The Kier molecular flexibility index (Phi) is 3.76. The predicted molar refractivity (Wildman–Crippen MR) is 65.2 cm³/mol. The van der Waals surface area contributed by atoms with Gasteiger partial charge < -0.3 is 15.7 Å². The van der Waals surface area contributed by atoms with Crippen LogP contribution in [0.25, 0.3) is 0 Å². The van der Waals surface area contributed by atoms with Crippen LogP contribution in [0.5, 0.6) is 0 Å². The molecule has 1 fully saturated rings. The van der Waals surface area contributed by atoms with Crippen molar-refractivity contribution in [2.45, 2.75) is 24.9 Å². The summed E-state index contributed by atoms with van der Waals surface area (Å²) in [6.45, 7) is 0.650. The summed E-state index contributed by atoms with van der Waals surface area (Å²) >= 11 is 0. The van der Waals surface area contributed by atoms with Gasteiger partial charge in [0.2, 0.25) is 5.91 Å². The number of nitrogens with zero attached hydrogens (tertiary/aromatic N) is 1. The van der Waals surface area contributed by atoms with Crippen molar-refractivity contribution in [2.24, 2.45) is 5.73 Å². The molecule has 1 saturated heterocycles. The maximum atomic E-state index is 11.8. The smallest absolute Gasteiger partial charge is 0.224 e. The number of aliphatic hydroxyl groups is 1. The van der Waals surface area contributed by atoms with Crippen LogP contribution >= 0.6 is 0 Å². The molecule has 1 heterocycles. The Labute approximate surface area is 101 Å².